The van der Waals surface area contributed by atoms with Crippen LogP contribution in [-0.4, -0.2) is 37.9 Å². The maximum absolute atomic E-state index is 13.1. The Morgan fingerprint density at radius 2 is 1.96 bits per heavy atom. The number of para-hydroxylation sites is 1. The molecule has 1 aromatic carbocycles. The first-order chi connectivity index (χ1) is 12.7. The van der Waals surface area contributed by atoms with Crippen LogP contribution in [0.4, 0.5) is 5.69 Å². The molecule has 0 aliphatic heterocycles. The average molecular weight is 368 g/mol. The third-order valence-electron chi connectivity index (χ3n) is 4.77. The summed E-state index contributed by atoms with van der Waals surface area (Å²) in [5, 5.41) is 16.0. The van der Waals surface area contributed by atoms with Crippen LogP contribution in [0.15, 0.2) is 53.6 Å². The molecule has 1 amide bonds. The lowest BCUT2D eigenvalue weighted by atomic mass is 9.91. The second-order valence-electron chi connectivity index (χ2n) is 6.49. The van der Waals surface area contributed by atoms with E-state index in [4.69, 9.17) is 0 Å². The normalized spacial score (nSPS) is 20.0. The van der Waals surface area contributed by atoms with Gasteiger partial charge in [-0.25, -0.2) is 9.67 Å². The molecule has 0 radical (unpaired) electrons. The van der Waals surface area contributed by atoms with E-state index in [1.165, 1.54) is 11.3 Å². The van der Waals surface area contributed by atoms with E-state index in [1.54, 1.807) is 26.7 Å². The van der Waals surface area contributed by atoms with Crippen LogP contribution < -0.4 is 4.90 Å². The first-order valence-corrected chi connectivity index (χ1v) is 9.66. The number of carbonyl (C=O) groups excluding carboxylic acids is 1. The van der Waals surface area contributed by atoms with E-state index in [0.29, 0.717) is 18.5 Å². The van der Waals surface area contributed by atoms with Crippen LogP contribution in [0.25, 0.3) is 5.69 Å². The molecule has 26 heavy (non-hydrogen) atoms. The topological polar surface area (TPSA) is 71.2 Å². The van der Waals surface area contributed by atoms with Gasteiger partial charge in [-0.05, 0) is 37.8 Å². The van der Waals surface area contributed by atoms with E-state index in [9.17, 15) is 9.90 Å². The maximum Gasteiger partial charge on any atom is 0.278 e. The fraction of sp³-hybridized carbons (Fsp3) is 0.316. The Hall–Kier alpha value is -2.51. The highest BCUT2D eigenvalue weighted by Gasteiger charge is 2.31. The maximum atomic E-state index is 13.1. The highest BCUT2D eigenvalue weighted by Crippen LogP contribution is 2.29. The number of benzene rings is 1. The highest BCUT2D eigenvalue weighted by molar-refractivity contribution is 7.07. The smallest absolute Gasteiger partial charge is 0.278 e. The van der Waals surface area contributed by atoms with Gasteiger partial charge in [0.1, 0.15) is 5.69 Å². The van der Waals surface area contributed by atoms with Gasteiger partial charge in [-0.3, -0.25) is 4.79 Å². The van der Waals surface area contributed by atoms with E-state index in [-0.39, 0.29) is 18.1 Å². The van der Waals surface area contributed by atoms with Crippen molar-refractivity contribution in [1.82, 2.24) is 14.8 Å². The monoisotopic (exact) mass is 368 g/mol. The van der Waals surface area contributed by atoms with E-state index in [2.05, 4.69) is 10.1 Å². The van der Waals surface area contributed by atoms with Crippen molar-refractivity contribution in [3.05, 3.63) is 59.3 Å². The van der Waals surface area contributed by atoms with Crippen molar-refractivity contribution in [2.75, 3.05) is 4.90 Å². The fourth-order valence-electron chi connectivity index (χ4n) is 3.41. The second-order valence-corrected chi connectivity index (χ2v) is 7.21. The zero-order valence-corrected chi connectivity index (χ0v) is 15.0. The zero-order valence-electron chi connectivity index (χ0n) is 14.2. The molecule has 0 unspecified atom stereocenters. The van der Waals surface area contributed by atoms with Crippen LogP contribution >= 0.6 is 11.3 Å². The first-order valence-electron chi connectivity index (χ1n) is 8.72. The third-order valence-corrected chi connectivity index (χ3v) is 5.36. The van der Waals surface area contributed by atoms with Crippen molar-refractivity contribution in [2.45, 2.75) is 37.8 Å². The van der Waals surface area contributed by atoms with Crippen molar-refractivity contribution < 1.29 is 9.90 Å². The van der Waals surface area contributed by atoms with Crippen molar-refractivity contribution in [3.8, 4) is 5.69 Å². The number of rotatable bonds is 4. The Morgan fingerprint density at radius 1 is 1.19 bits per heavy atom. The summed E-state index contributed by atoms with van der Waals surface area (Å²) in [4.78, 5) is 19.1. The number of amides is 1. The molecule has 3 aromatic rings. The standard InChI is InChI=1S/C19H20N4O2S/c24-17-8-6-15(7-9-17)23(19(25)18-12-26-13-20-18)16-10-21-22(11-16)14-4-2-1-3-5-14/h1-5,10-13,15,17,24H,6-9H2. The van der Waals surface area contributed by atoms with Gasteiger partial charge in [0.15, 0.2) is 0 Å². The fourth-order valence-corrected chi connectivity index (χ4v) is 3.94. The van der Waals surface area contributed by atoms with Gasteiger partial charge >= 0.3 is 0 Å². The lowest BCUT2D eigenvalue weighted by molar-refractivity contribution is 0.0924. The molecule has 0 bridgehead atoms. The summed E-state index contributed by atoms with van der Waals surface area (Å²) in [6.45, 7) is 0. The molecule has 0 atom stereocenters. The average Bonchev–Trinajstić information content (AvgIpc) is 3.36. The molecule has 1 N–H and O–H groups in total. The number of hydrogen-bond donors (Lipinski definition) is 1. The van der Waals surface area contributed by atoms with Gasteiger partial charge in [0.25, 0.3) is 5.91 Å². The lowest BCUT2D eigenvalue weighted by Gasteiger charge is -2.34. The Balaban J connectivity index is 1.67. The van der Waals surface area contributed by atoms with E-state index in [0.717, 1.165) is 24.2 Å². The van der Waals surface area contributed by atoms with Crippen LogP contribution in [0.5, 0.6) is 0 Å². The predicted octanol–water partition coefficient (Wildman–Crippen LogP) is 3.28. The van der Waals surface area contributed by atoms with Crippen molar-refractivity contribution in [1.29, 1.82) is 0 Å². The molecule has 0 spiro atoms. The van der Waals surface area contributed by atoms with Crippen LogP contribution in [0.1, 0.15) is 36.2 Å². The number of thiazole rings is 1. The van der Waals surface area contributed by atoms with E-state index in [1.807, 2.05) is 36.5 Å². The van der Waals surface area contributed by atoms with Gasteiger partial charge in [-0.1, -0.05) is 18.2 Å². The summed E-state index contributed by atoms with van der Waals surface area (Å²) in [5.41, 5.74) is 3.82. The van der Waals surface area contributed by atoms with Crippen molar-refractivity contribution >= 4 is 22.9 Å². The van der Waals surface area contributed by atoms with Gasteiger partial charge in [0, 0.05) is 11.4 Å². The predicted molar refractivity (Wildman–Crippen MR) is 101 cm³/mol. The molecule has 2 aromatic heterocycles. The SMILES string of the molecule is O=C(c1cscn1)N(c1cnn(-c2ccccc2)c1)C1CCC(O)CC1. The summed E-state index contributed by atoms with van der Waals surface area (Å²) >= 11 is 1.41. The molecule has 7 heteroatoms. The van der Waals surface area contributed by atoms with E-state index < -0.39 is 0 Å². The molecule has 1 saturated carbocycles. The highest BCUT2D eigenvalue weighted by atomic mass is 32.1. The Morgan fingerprint density at radius 3 is 2.65 bits per heavy atom. The number of nitrogens with zero attached hydrogens (tertiary/aromatic N) is 4. The van der Waals surface area contributed by atoms with Crippen LogP contribution in [-0.2, 0) is 0 Å². The second kappa shape index (κ2) is 7.39. The van der Waals surface area contributed by atoms with Gasteiger partial charge in [-0.15, -0.1) is 11.3 Å². The molecule has 1 aliphatic carbocycles. The summed E-state index contributed by atoms with van der Waals surface area (Å²) in [5.74, 6) is -0.111. The summed E-state index contributed by atoms with van der Waals surface area (Å²) in [6, 6.07) is 9.86. The van der Waals surface area contributed by atoms with Crippen LogP contribution in [0, 0.1) is 0 Å². The molecule has 0 saturated heterocycles. The summed E-state index contributed by atoms with van der Waals surface area (Å²) in [6.07, 6.45) is 6.29. The molecule has 1 fully saturated rings. The minimum Gasteiger partial charge on any atom is -0.393 e. The minimum absolute atomic E-state index is 0.0426. The first kappa shape index (κ1) is 16.9. The number of aromatic nitrogens is 3. The third kappa shape index (κ3) is 3.40. The Bertz CT molecular complexity index is 855. The Labute approximate surface area is 155 Å². The van der Waals surface area contributed by atoms with Gasteiger partial charge in [-0.2, -0.15) is 5.10 Å². The van der Waals surface area contributed by atoms with Crippen molar-refractivity contribution in [3.63, 3.8) is 0 Å². The number of aliphatic hydroxyl groups excluding tert-OH is 1. The molecular weight excluding hydrogens is 348 g/mol. The molecule has 1 aliphatic rings. The number of carbonyl (C=O) groups is 1. The molecule has 4 rings (SSSR count). The summed E-state index contributed by atoms with van der Waals surface area (Å²) < 4.78 is 1.77. The quantitative estimate of drug-likeness (QED) is 0.767. The molecule has 2 heterocycles. The van der Waals surface area contributed by atoms with Gasteiger partial charge in [0.05, 0.1) is 35.4 Å². The van der Waals surface area contributed by atoms with Crippen molar-refractivity contribution in [2.24, 2.45) is 0 Å². The number of hydrogen-bond acceptors (Lipinski definition) is 5. The lowest BCUT2D eigenvalue weighted by Crippen LogP contribution is -2.43. The number of anilines is 1. The van der Waals surface area contributed by atoms with Crippen LogP contribution in [0.3, 0.4) is 0 Å². The Kier molecular flexibility index (Phi) is 4.81. The molecule has 134 valence electrons. The van der Waals surface area contributed by atoms with E-state index >= 15 is 0 Å². The zero-order chi connectivity index (χ0) is 17.9. The van der Waals surface area contributed by atoms with Gasteiger partial charge in [0.2, 0.25) is 0 Å². The van der Waals surface area contributed by atoms with Crippen LogP contribution in [0.2, 0.25) is 0 Å². The molecular formula is C19H20N4O2S. The largest absolute Gasteiger partial charge is 0.393 e. The minimum atomic E-state index is -0.269. The summed E-state index contributed by atoms with van der Waals surface area (Å²) in [7, 11) is 0. The number of aliphatic hydroxyl groups is 1. The molecule has 6 nitrogen and oxygen atoms in total. The van der Waals surface area contributed by atoms with Gasteiger partial charge < -0.3 is 10.0 Å².